The second kappa shape index (κ2) is 8.65. The summed E-state index contributed by atoms with van der Waals surface area (Å²) in [5.41, 5.74) is 1.98. The minimum Gasteiger partial charge on any atom is -0.349 e. The van der Waals surface area contributed by atoms with E-state index >= 15 is 0 Å². The maximum atomic E-state index is 12.5. The van der Waals surface area contributed by atoms with Crippen LogP contribution in [0.25, 0.3) is 0 Å². The van der Waals surface area contributed by atoms with Gasteiger partial charge in [0, 0.05) is 31.1 Å². The number of rotatable bonds is 5. The Morgan fingerprint density at radius 2 is 1.58 bits per heavy atom. The third-order valence-electron chi connectivity index (χ3n) is 5.01. The van der Waals surface area contributed by atoms with E-state index in [4.69, 9.17) is 0 Å². The highest BCUT2D eigenvalue weighted by atomic mass is 16.2. The van der Waals surface area contributed by atoms with E-state index in [0.29, 0.717) is 17.9 Å². The largest absolute Gasteiger partial charge is 0.349 e. The quantitative estimate of drug-likeness (QED) is 0.896. The van der Waals surface area contributed by atoms with Crippen molar-refractivity contribution in [3.8, 4) is 0 Å². The van der Waals surface area contributed by atoms with Crippen molar-refractivity contribution in [1.82, 2.24) is 10.2 Å². The third kappa shape index (κ3) is 4.72. The lowest BCUT2D eigenvalue weighted by Gasteiger charge is -2.33. The summed E-state index contributed by atoms with van der Waals surface area (Å²) in [7, 11) is 0. The maximum Gasteiger partial charge on any atom is 0.251 e. The SMILES string of the molecule is CC(CC(=O)N1CCC(c2ccccc2)CC1)NC(=O)c1ccccc1. The normalized spacial score (nSPS) is 16.1. The molecule has 0 spiro atoms. The molecule has 0 saturated carbocycles. The van der Waals surface area contributed by atoms with Crippen LogP contribution in [0.15, 0.2) is 60.7 Å². The first kappa shape index (κ1) is 18.2. The van der Waals surface area contributed by atoms with Crippen LogP contribution in [0.1, 0.15) is 48.0 Å². The van der Waals surface area contributed by atoms with Crippen molar-refractivity contribution in [2.75, 3.05) is 13.1 Å². The molecular weight excluding hydrogens is 324 g/mol. The van der Waals surface area contributed by atoms with Crippen molar-refractivity contribution < 1.29 is 9.59 Å². The molecule has 3 rings (SSSR count). The third-order valence-corrected chi connectivity index (χ3v) is 5.01. The molecule has 1 fully saturated rings. The summed E-state index contributed by atoms with van der Waals surface area (Å²) in [4.78, 5) is 26.7. The Balaban J connectivity index is 1.46. The Hall–Kier alpha value is -2.62. The highest BCUT2D eigenvalue weighted by molar-refractivity contribution is 5.94. The fraction of sp³-hybridized carbons (Fsp3) is 0.364. The topological polar surface area (TPSA) is 49.4 Å². The van der Waals surface area contributed by atoms with E-state index in [-0.39, 0.29) is 17.9 Å². The lowest BCUT2D eigenvalue weighted by atomic mass is 9.89. The van der Waals surface area contributed by atoms with Gasteiger partial charge in [0.25, 0.3) is 5.91 Å². The number of piperidine rings is 1. The molecule has 1 heterocycles. The van der Waals surface area contributed by atoms with E-state index in [1.54, 1.807) is 12.1 Å². The molecule has 4 heteroatoms. The second-order valence-corrected chi connectivity index (χ2v) is 7.01. The summed E-state index contributed by atoms with van der Waals surface area (Å²) in [6.07, 6.45) is 2.34. The fourth-order valence-electron chi connectivity index (χ4n) is 3.53. The average Bonchev–Trinajstić information content (AvgIpc) is 2.69. The van der Waals surface area contributed by atoms with Crippen LogP contribution in [0.2, 0.25) is 0 Å². The molecule has 4 nitrogen and oxygen atoms in total. The van der Waals surface area contributed by atoms with Gasteiger partial charge in [-0.3, -0.25) is 9.59 Å². The summed E-state index contributed by atoms with van der Waals surface area (Å²) in [6.45, 7) is 3.46. The van der Waals surface area contributed by atoms with Crippen LogP contribution in [-0.4, -0.2) is 35.8 Å². The first-order valence-electron chi connectivity index (χ1n) is 9.32. The number of nitrogens with zero attached hydrogens (tertiary/aromatic N) is 1. The van der Waals surface area contributed by atoms with Crippen molar-refractivity contribution in [2.24, 2.45) is 0 Å². The van der Waals surface area contributed by atoms with E-state index in [9.17, 15) is 9.59 Å². The Morgan fingerprint density at radius 1 is 1.00 bits per heavy atom. The summed E-state index contributed by atoms with van der Waals surface area (Å²) in [5.74, 6) is 0.529. The number of carbonyl (C=O) groups is 2. The molecular formula is C22H26N2O2. The zero-order valence-electron chi connectivity index (χ0n) is 15.2. The Kier molecular flexibility index (Phi) is 6.05. The number of benzene rings is 2. The van der Waals surface area contributed by atoms with Gasteiger partial charge in [-0.1, -0.05) is 48.5 Å². The molecule has 1 saturated heterocycles. The van der Waals surface area contributed by atoms with Crippen molar-refractivity contribution in [1.29, 1.82) is 0 Å². The van der Waals surface area contributed by atoms with Crippen LogP contribution in [0.3, 0.4) is 0 Å². The Labute approximate surface area is 155 Å². The molecule has 26 heavy (non-hydrogen) atoms. The Bertz CT molecular complexity index is 722. The first-order valence-corrected chi connectivity index (χ1v) is 9.32. The van der Waals surface area contributed by atoms with Gasteiger partial charge in [-0.25, -0.2) is 0 Å². The number of amides is 2. The molecule has 2 aromatic rings. The monoisotopic (exact) mass is 350 g/mol. The number of nitrogens with one attached hydrogen (secondary N) is 1. The maximum absolute atomic E-state index is 12.5. The molecule has 1 N–H and O–H groups in total. The van der Waals surface area contributed by atoms with Crippen LogP contribution in [0, 0.1) is 0 Å². The molecule has 1 aliphatic heterocycles. The zero-order chi connectivity index (χ0) is 18.4. The summed E-state index contributed by atoms with van der Waals surface area (Å²) >= 11 is 0. The highest BCUT2D eigenvalue weighted by Gasteiger charge is 2.25. The summed E-state index contributed by atoms with van der Waals surface area (Å²) in [5, 5.41) is 2.91. The standard InChI is InChI=1S/C22H26N2O2/c1-17(23-22(26)20-10-6-3-7-11-20)16-21(25)24-14-12-19(13-15-24)18-8-4-2-5-9-18/h2-11,17,19H,12-16H2,1H3,(H,23,26). The van der Waals surface area contributed by atoms with Crippen molar-refractivity contribution in [3.05, 3.63) is 71.8 Å². The molecule has 0 aromatic heterocycles. The lowest BCUT2D eigenvalue weighted by Crippen LogP contribution is -2.42. The van der Waals surface area contributed by atoms with Gasteiger partial charge >= 0.3 is 0 Å². The van der Waals surface area contributed by atoms with Gasteiger partial charge in [-0.05, 0) is 43.4 Å². The highest BCUT2D eigenvalue weighted by Crippen LogP contribution is 2.28. The van der Waals surface area contributed by atoms with E-state index < -0.39 is 0 Å². The van der Waals surface area contributed by atoms with Gasteiger partial charge in [-0.2, -0.15) is 0 Å². The van der Waals surface area contributed by atoms with E-state index in [1.807, 2.05) is 36.1 Å². The van der Waals surface area contributed by atoms with Crippen LogP contribution < -0.4 is 5.32 Å². The zero-order valence-corrected chi connectivity index (χ0v) is 15.2. The minimum absolute atomic E-state index is 0.123. The molecule has 1 unspecified atom stereocenters. The first-order chi connectivity index (χ1) is 12.6. The van der Waals surface area contributed by atoms with Crippen molar-refractivity contribution in [2.45, 2.75) is 38.1 Å². The molecule has 0 bridgehead atoms. The Morgan fingerprint density at radius 3 is 2.19 bits per heavy atom. The molecule has 2 amide bonds. The second-order valence-electron chi connectivity index (χ2n) is 7.01. The van der Waals surface area contributed by atoms with E-state index in [0.717, 1.165) is 25.9 Å². The summed E-state index contributed by atoms with van der Waals surface area (Å²) < 4.78 is 0. The van der Waals surface area contributed by atoms with Gasteiger partial charge in [-0.15, -0.1) is 0 Å². The van der Waals surface area contributed by atoms with Crippen LogP contribution in [0.5, 0.6) is 0 Å². The fourth-order valence-corrected chi connectivity index (χ4v) is 3.53. The van der Waals surface area contributed by atoms with Gasteiger partial charge in [0.15, 0.2) is 0 Å². The number of likely N-dealkylation sites (tertiary alicyclic amines) is 1. The van der Waals surface area contributed by atoms with Gasteiger partial charge in [0.1, 0.15) is 0 Å². The lowest BCUT2D eigenvalue weighted by molar-refractivity contribution is -0.132. The predicted molar refractivity (Wildman–Crippen MR) is 103 cm³/mol. The number of hydrogen-bond acceptors (Lipinski definition) is 2. The molecule has 2 aromatic carbocycles. The van der Waals surface area contributed by atoms with Gasteiger partial charge in [0.2, 0.25) is 5.91 Å². The van der Waals surface area contributed by atoms with Crippen molar-refractivity contribution in [3.63, 3.8) is 0 Å². The van der Waals surface area contributed by atoms with Crippen LogP contribution >= 0.6 is 0 Å². The molecule has 1 atom stereocenters. The van der Waals surface area contributed by atoms with E-state index in [2.05, 4.69) is 29.6 Å². The number of carbonyl (C=O) groups excluding carboxylic acids is 2. The molecule has 136 valence electrons. The molecule has 0 aliphatic carbocycles. The molecule has 1 aliphatic rings. The van der Waals surface area contributed by atoms with Gasteiger partial charge in [0.05, 0.1) is 0 Å². The van der Waals surface area contributed by atoms with E-state index in [1.165, 1.54) is 5.56 Å². The predicted octanol–water partition coefficient (Wildman–Crippen LogP) is 3.60. The van der Waals surface area contributed by atoms with Gasteiger partial charge < -0.3 is 10.2 Å². The van der Waals surface area contributed by atoms with Crippen LogP contribution in [0.4, 0.5) is 0 Å². The smallest absolute Gasteiger partial charge is 0.251 e. The molecule has 0 radical (unpaired) electrons. The van der Waals surface area contributed by atoms with Crippen LogP contribution in [-0.2, 0) is 4.79 Å². The average molecular weight is 350 g/mol. The van der Waals surface area contributed by atoms with Crippen molar-refractivity contribution >= 4 is 11.8 Å². The summed E-state index contributed by atoms with van der Waals surface area (Å²) in [6, 6.07) is 19.4. The number of hydrogen-bond donors (Lipinski definition) is 1. The minimum atomic E-state index is -0.179.